The summed E-state index contributed by atoms with van der Waals surface area (Å²) < 4.78 is 22.3. The quantitative estimate of drug-likeness (QED) is 0.719. The van der Waals surface area contributed by atoms with Gasteiger partial charge in [-0.2, -0.15) is 0 Å². The van der Waals surface area contributed by atoms with E-state index in [0.717, 1.165) is 0 Å². The van der Waals surface area contributed by atoms with Crippen molar-refractivity contribution in [1.29, 1.82) is 0 Å². The van der Waals surface area contributed by atoms with Gasteiger partial charge in [-0.25, -0.2) is 0 Å². The number of aliphatic hydroxyl groups is 1. The second-order valence-electron chi connectivity index (χ2n) is 5.33. The van der Waals surface area contributed by atoms with Gasteiger partial charge in [-0.15, -0.1) is 0 Å². The Bertz CT molecular complexity index is 276. The monoisotopic (exact) mass is 232 g/mol. The highest BCUT2D eigenvalue weighted by atomic mass is 16.8. The Morgan fingerprint density at radius 3 is 2.12 bits per heavy atom. The van der Waals surface area contributed by atoms with Crippen LogP contribution in [0.2, 0.25) is 0 Å². The largest absolute Gasteiger partial charge is 0.376 e. The third-order valence-corrected chi connectivity index (χ3v) is 3.11. The standard InChI is InChI=1S/C11H20O5/c1-10(2)8(13-5)6-7(9(12)16-10)15-11(3,4)14-6/h6-9,12H,1-5H3/t6-,7+,8-,9?/m0/s1. The summed E-state index contributed by atoms with van der Waals surface area (Å²) in [6.07, 6.45) is -2.04. The van der Waals surface area contributed by atoms with Crippen molar-refractivity contribution in [2.45, 2.75) is 63.7 Å². The summed E-state index contributed by atoms with van der Waals surface area (Å²) in [5.74, 6) is -0.711. The molecule has 16 heavy (non-hydrogen) atoms. The van der Waals surface area contributed by atoms with Crippen molar-refractivity contribution in [1.82, 2.24) is 0 Å². The number of methoxy groups -OCH3 is 1. The molecule has 0 saturated carbocycles. The smallest absolute Gasteiger partial charge is 0.184 e. The van der Waals surface area contributed by atoms with E-state index >= 15 is 0 Å². The van der Waals surface area contributed by atoms with Gasteiger partial charge in [0.2, 0.25) is 0 Å². The molecule has 2 aliphatic rings. The fourth-order valence-electron chi connectivity index (χ4n) is 2.53. The Balaban J connectivity index is 2.26. The highest BCUT2D eigenvalue weighted by Gasteiger charge is 2.57. The van der Waals surface area contributed by atoms with E-state index in [4.69, 9.17) is 18.9 Å². The van der Waals surface area contributed by atoms with E-state index in [1.807, 2.05) is 27.7 Å². The molecule has 4 atom stereocenters. The van der Waals surface area contributed by atoms with E-state index in [-0.39, 0.29) is 12.2 Å². The second kappa shape index (κ2) is 3.65. The van der Waals surface area contributed by atoms with Gasteiger partial charge in [0.1, 0.15) is 18.3 Å². The molecule has 0 aromatic rings. The first-order valence-electron chi connectivity index (χ1n) is 5.51. The molecular weight excluding hydrogens is 212 g/mol. The van der Waals surface area contributed by atoms with Crippen molar-refractivity contribution >= 4 is 0 Å². The maximum atomic E-state index is 9.88. The zero-order valence-electron chi connectivity index (χ0n) is 10.4. The van der Waals surface area contributed by atoms with Crippen molar-refractivity contribution in [3.05, 3.63) is 0 Å². The van der Waals surface area contributed by atoms with Crippen LogP contribution in [0, 0.1) is 0 Å². The van der Waals surface area contributed by atoms with Crippen LogP contribution in [0.4, 0.5) is 0 Å². The molecule has 2 aliphatic heterocycles. The molecule has 0 aromatic heterocycles. The lowest BCUT2D eigenvalue weighted by molar-refractivity contribution is -0.292. The topological polar surface area (TPSA) is 57.2 Å². The Morgan fingerprint density at radius 1 is 1.00 bits per heavy atom. The van der Waals surface area contributed by atoms with Gasteiger partial charge in [0.25, 0.3) is 0 Å². The zero-order chi connectivity index (χ0) is 12.1. The van der Waals surface area contributed by atoms with Crippen LogP contribution in [-0.2, 0) is 18.9 Å². The first-order valence-corrected chi connectivity index (χ1v) is 5.51. The van der Waals surface area contributed by atoms with E-state index in [0.29, 0.717) is 0 Å². The number of fused-ring (bicyclic) bond motifs is 1. The summed E-state index contributed by atoms with van der Waals surface area (Å²) in [7, 11) is 1.61. The highest BCUT2D eigenvalue weighted by molar-refractivity contribution is 5.00. The number of aliphatic hydroxyl groups excluding tert-OH is 1. The normalized spacial score (nSPS) is 45.4. The Hall–Kier alpha value is -0.200. The summed E-state index contributed by atoms with van der Waals surface area (Å²) in [6, 6.07) is 0. The van der Waals surface area contributed by atoms with E-state index in [9.17, 15) is 5.11 Å². The van der Waals surface area contributed by atoms with Crippen molar-refractivity contribution in [3.8, 4) is 0 Å². The number of hydrogen-bond donors (Lipinski definition) is 1. The fourth-order valence-corrected chi connectivity index (χ4v) is 2.53. The molecule has 5 nitrogen and oxygen atoms in total. The molecule has 5 heteroatoms. The van der Waals surface area contributed by atoms with Crippen LogP contribution < -0.4 is 0 Å². The zero-order valence-corrected chi connectivity index (χ0v) is 10.4. The molecule has 2 saturated heterocycles. The Kier molecular flexibility index (Phi) is 2.79. The van der Waals surface area contributed by atoms with Gasteiger partial charge in [0, 0.05) is 7.11 Å². The summed E-state index contributed by atoms with van der Waals surface area (Å²) >= 11 is 0. The average Bonchev–Trinajstić information content (AvgIpc) is 2.40. The number of hydrogen-bond acceptors (Lipinski definition) is 5. The summed E-state index contributed by atoms with van der Waals surface area (Å²) in [5, 5.41) is 9.88. The van der Waals surface area contributed by atoms with Gasteiger partial charge in [-0.05, 0) is 27.7 Å². The summed E-state index contributed by atoms with van der Waals surface area (Å²) in [5.41, 5.74) is -0.598. The van der Waals surface area contributed by atoms with Gasteiger partial charge < -0.3 is 24.1 Å². The van der Waals surface area contributed by atoms with E-state index in [2.05, 4.69) is 0 Å². The predicted molar refractivity (Wildman–Crippen MR) is 55.8 cm³/mol. The van der Waals surface area contributed by atoms with Crippen LogP contribution in [0.3, 0.4) is 0 Å². The van der Waals surface area contributed by atoms with Crippen molar-refractivity contribution in [2.75, 3.05) is 7.11 Å². The van der Waals surface area contributed by atoms with Gasteiger partial charge >= 0.3 is 0 Å². The first-order chi connectivity index (χ1) is 7.27. The van der Waals surface area contributed by atoms with Gasteiger partial charge in [-0.3, -0.25) is 0 Å². The first kappa shape index (κ1) is 12.3. The number of rotatable bonds is 1. The van der Waals surface area contributed by atoms with Gasteiger partial charge in [0.15, 0.2) is 12.1 Å². The minimum Gasteiger partial charge on any atom is -0.376 e. The van der Waals surface area contributed by atoms with Crippen LogP contribution in [-0.4, -0.2) is 48.2 Å². The summed E-state index contributed by atoms with van der Waals surface area (Å²) in [6.45, 7) is 7.38. The molecule has 1 unspecified atom stereocenters. The summed E-state index contributed by atoms with van der Waals surface area (Å²) in [4.78, 5) is 0. The van der Waals surface area contributed by atoms with E-state index < -0.39 is 23.8 Å². The molecular formula is C11H20O5. The maximum Gasteiger partial charge on any atom is 0.184 e. The van der Waals surface area contributed by atoms with Gasteiger partial charge in [-0.1, -0.05) is 0 Å². The van der Waals surface area contributed by atoms with E-state index in [1.165, 1.54) is 0 Å². The highest BCUT2D eigenvalue weighted by Crippen LogP contribution is 2.41. The number of ether oxygens (including phenoxy) is 4. The predicted octanol–water partition coefficient (Wildman–Crippen LogP) is 0.649. The minimum absolute atomic E-state index is 0.261. The van der Waals surface area contributed by atoms with Crippen LogP contribution in [0.15, 0.2) is 0 Å². The van der Waals surface area contributed by atoms with Gasteiger partial charge in [0.05, 0.1) is 5.60 Å². The lowest BCUT2D eigenvalue weighted by Gasteiger charge is -2.44. The van der Waals surface area contributed by atoms with Crippen LogP contribution in [0.1, 0.15) is 27.7 Å². The van der Waals surface area contributed by atoms with Crippen LogP contribution in [0.5, 0.6) is 0 Å². The fraction of sp³-hybridized carbons (Fsp3) is 1.00. The average molecular weight is 232 g/mol. The molecule has 2 fully saturated rings. The van der Waals surface area contributed by atoms with Crippen molar-refractivity contribution < 1.29 is 24.1 Å². The molecule has 0 radical (unpaired) electrons. The molecule has 2 heterocycles. The van der Waals surface area contributed by atoms with Crippen molar-refractivity contribution in [3.63, 3.8) is 0 Å². The maximum absolute atomic E-state index is 9.88. The minimum atomic E-state index is -0.979. The lowest BCUT2D eigenvalue weighted by Crippen LogP contribution is -2.61. The molecule has 2 rings (SSSR count). The van der Waals surface area contributed by atoms with Crippen molar-refractivity contribution in [2.24, 2.45) is 0 Å². The molecule has 0 aromatic carbocycles. The Morgan fingerprint density at radius 2 is 1.56 bits per heavy atom. The molecule has 0 bridgehead atoms. The molecule has 1 N–H and O–H groups in total. The van der Waals surface area contributed by atoms with Crippen LogP contribution in [0.25, 0.3) is 0 Å². The third kappa shape index (κ3) is 1.87. The molecule has 0 aliphatic carbocycles. The molecule has 0 spiro atoms. The lowest BCUT2D eigenvalue weighted by atomic mass is 9.90. The molecule has 94 valence electrons. The third-order valence-electron chi connectivity index (χ3n) is 3.11. The molecule has 0 amide bonds. The van der Waals surface area contributed by atoms with E-state index in [1.54, 1.807) is 7.11 Å². The Labute approximate surface area is 95.6 Å². The second-order valence-corrected chi connectivity index (χ2v) is 5.33. The van der Waals surface area contributed by atoms with Crippen LogP contribution >= 0.6 is 0 Å². The SMILES string of the molecule is CO[C@H]1[C@H]2OC(C)(C)O[C@H]2C(O)OC1(C)C.